The molecule has 256 valence electrons. The van der Waals surface area contributed by atoms with Crippen LogP contribution in [-0.4, -0.2) is 0 Å². The molecule has 2 heteroatoms. The van der Waals surface area contributed by atoms with Crippen LogP contribution in [0.3, 0.4) is 0 Å². The molecule has 0 heterocycles. The lowest BCUT2D eigenvalue weighted by atomic mass is 9.60. The highest BCUT2D eigenvalue weighted by molar-refractivity contribution is 6.23. The summed E-state index contributed by atoms with van der Waals surface area (Å²) in [5.74, 6) is 2.49. The summed E-state index contributed by atoms with van der Waals surface area (Å²) in [5, 5.41) is 5.08. The Hall–Kier alpha value is -5.34. The highest BCUT2D eigenvalue weighted by Crippen LogP contribution is 2.80. The Morgan fingerprint density at radius 3 is 1.35 bits per heavy atom. The van der Waals surface area contributed by atoms with Gasteiger partial charge < -0.3 is 9.80 Å². The Kier molecular flexibility index (Phi) is 7.16. The summed E-state index contributed by atoms with van der Waals surface area (Å²) in [5.41, 5.74) is 14.4. The normalized spacial score (nSPS) is 21.4. The lowest BCUT2D eigenvalue weighted by Crippen LogP contribution is -2.34. The maximum Gasteiger partial charge on any atom is 0.0620 e. The van der Waals surface area contributed by atoms with Crippen LogP contribution in [0.4, 0.5) is 34.1 Å². The zero-order valence-electron chi connectivity index (χ0n) is 30.7. The maximum absolute atomic E-state index is 2.61. The predicted molar refractivity (Wildman–Crippen MR) is 220 cm³/mol. The number of benzene rings is 7. The van der Waals surface area contributed by atoms with Crippen molar-refractivity contribution in [3.8, 4) is 0 Å². The highest BCUT2D eigenvalue weighted by Gasteiger charge is 2.70. The third-order valence-corrected chi connectivity index (χ3v) is 12.8. The molecule has 0 amide bonds. The summed E-state index contributed by atoms with van der Waals surface area (Å²) < 4.78 is 0. The average Bonchev–Trinajstić information content (AvgIpc) is 3.81. The van der Waals surface area contributed by atoms with Gasteiger partial charge in [0.15, 0.2) is 0 Å². The van der Waals surface area contributed by atoms with Crippen LogP contribution in [0.2, 0.25) is 0 Å². The second-order valence-electron chi connectivity index (χ2n) is 16.2. The van der Waals surface area contributed by atoms with Gasteiger partial charge in [-0.3, -0.25) is 0 Å². The Labute approximate surface area is 308 Å². The number of hydrogen-bond acceptors (Lipinski definition) is 2. The van der Waals surface area contributed by atoms with Crippen LogP contribution in [0.5, 0.6) is 0 Å². The van der Waals surface area contributed by atoms with Gasteiger partial charge in [0.1, 0.15) is 0 Å². The van der Waals surface area contributed by atoms with E-state index in [0.29, 0.717) is 11.3 Å². The number of aryl methyl sites for hydroxylation is 4. The van der Waals surface area contributed by atoms with Crippen molar-refractivity contribution in [1.29, 1.82) is 0 Å². The van der Waals surface area contributed by atoms with E-state index in [-0.39, 0.29) is 0 Å². The molecule has 3 aliphatic rings. The van der Waals surface area contributed by atoms with E-state index in [4.69, 9.17) is 0 Å². The monoisotopic (exact) mass is 674 g/mol. The summed E-state index contributed by atoms with van der Waals surface area (Å²) in [6.07, 6.45) is 5.67. The second-order valence-corrected chi connectivity index (χ2v) is 16.2. The van der Waals surface area contributed by atoms with Crippen LogP contribution >= 0.6 is 0 Å². The van der Waals surface area contributed by atoms with Gasteiger partial charge >= 0.3 is 0 Å². The molecule has 0 radical (unpaired) electrons. The Balaban J connectivity index is 1.32. The lowest BCUT2D eigenvalue weighted by Gasteiger charge is -2.44. The van der Waals surface area contributed by atoms with Gasteiger partial charge in [0.2, 0.25) is 0 Å². The maximum atomic E-state index is 2.61. The standard InChI is InChI=1S/C50H46N2/c1-32-11-7-15-38(25-32)51(39-16-8-12-33(2)26-39)48-42-19-5-6-20-43(42)49(52(40-17-9-13-34(3)27-40)41-18-10-14-35(4)28-41)45-29-36(21-23-44(45)48)46-31-50-30-37(50)22-24-47(46)50/h5-21,23,25-29,37,46-47H,22,24,30-31H2,1-4H3. The number of anilines is 6. The fourth-order valence-corrected chi connectivity index (χ4v) is 10.4. The van der Waals surface area contributed by atoms with Gasteiger partial charge in [0, 0.05) is 44.3 Å². The quantitative estimate of drug-likeness (QED) is 0.123. The molecule has 7 aromatic carbocycles. The van der Waals surface area contributed by atoms with Crippen molar-refractivity contribution < 1.29 is 0 Å². The first kappa shape index (κ1) is 31.4. The van der Waals surface area contributed by atoms with Gasteiger partial charge in [-0.25, -0.2) is 0 Å². The van der Waals surface area contributed by atoms with Crippen LogP contribution < -0.4 is 9.80 Å². The SMILES string of the molecule is Cc1cccc(N(c2cccc(C)c2)c2c3ccccc3c(N(c3cccc(C)c3)c3cccc(C)c3)c3cc(C4CC56CC5CCC46)ccc23)c1. The molecule has 10 rings (SSSR count). The molecule has 3 saturated carbocycles. The molecular weight excluding hydrogens is 629 g/mol. The smallest absolute Gasteiger partial charge is 0.0620 e. The van der Waals surface area contributed by atoms with Crippen molar-refractivity contribution in [1.82, 2.24) is 0 Å². The van der Waals surface area contributed by atoms with Crippen molar-refractivity contribution >= 4 is 55.7 Å². The van der Waals surface area contributed by atoms with E-state index in [0.717, 1.165) is 11.8 Å². The lowest BCUT2D eigenvalue weighted by molar-refractivity contribution is 0.120. The van der Waals surface area contributed by atoms with E-state index < -0.39 is 0 Å². The number of rotatable bonds is 7. The Morgan fingerprint density at radius 1 is 0.442 bits per heavy atom. The van der Waals surface area contributed by atoms with Crippen molar-refractivity contribution in [3.63, 3.8) is 0 Å². The minimum Gasteiger partial charge on any atom is -0.309 e. The zero-order valence-corrected chi connectivity index (χ0v) is 30.7. The molecule has 0 saturated heterocycles. The molecule has 4 unspecified atom stereocenters. The first-order valence-corrected chi connectivity index (χ1v) is 19.2. The summed E-state index contributed by atoms with van der Waals surface area (Å²) in [7, 11) is 0. The molecule has 4 atom stereocenters. The molecule has 0 aliphatic heterocycles. The summed E-state index contributed by atoms with van der Waals surface area (Å²) >= 11 is 0. The molecule has 52 heavy (non-hydrogen) atoms. The van der Waals surface area contributed by atoms with E-state index in [2.05, 4.69) is 177 Å². The van der Waals surface area contributed by atoms with Gasteiger partial charge in [0.05, 0.1) is 11.4 Å². The van der Waals surface area contributed by atoms with Crippen LogP contribution in [0.1, 0.15) is 59.4 Å². The van der Waals surface area contributed by atoms with Gasteiger partial charge in [-0.2, -0.15) is 0 Å². The second kappa shape index (κ2) is 11.9. The van der Waals surface area contributed by atoms with Crippen molar-refractivity contribution in [3.05, 3.63) is 167 Å². The Bertz CT molecular complexity index is 2430. The fourth-order valence-electron chi connectivity index (χ4n) is 10.4. The first-order chi connectivity index (χ1) is 25.4. The zero-order chi connectivity index (χ0) is 35.1. The molecule has 3 fully saturated rings. The minimum absolute atomic E-state index is 0.649. The van der Waals surface area contributed by atoms with E-state index >= 15 is 0 Å². The van der Waals surface area contributed by atoms with Crippen molar-refractivity contribution in [2.24, 2.45) is 17.3 Å². The average molecular weight is 675 g/mol. The van der Waals surface area contributed by atoms with Gasteiger partial charge in [-0.05, 0) is 159 Å². The molecule has 0 aromatic heterocycles. The van der Waals surface area contributed by atoms with Gasteiger partial charge in [-0.1, -0.05) is 84.9 Å². The molecule has 0 N–H and O–H groups in total. The minimum atomic E-state index is 0.649. The van der Waals surface area contributed by atoms with Crippen LogP contribution in [-0.2, 0) is 0 Å². The van der Waals surface area contributed by atoms with Crippen LogP contribution in [0, 0.1) is 44.9 Å². The number of hydrogen-bond donors (Lipinski definition) is 0. The van der Waals surface area contributed by atoms with Crippen molar-refractivity contribution in [2.45, 2.75) is 59.3 Å². The fraction of sp³-hybridized carbons (Fsp3) is 0.240. The van der Waals surface area contributed by atoms with Gasteiger partial charge in [0.25, 0.3) is 0 Å². The molecular formula is C50H46N2. The van der Waals surface area contributed by atoms with E-state index in [9.17, 15) is 0 Å². The molecule has 7 aromatic rings. The van der Waals surface area contributed by atoms with E-state index in [1.165, 1.54) is 109 Å². The van der Waals surface area contributed by atoms with Crippen LogP contribution in [0.15, 0.2) is 140 Å². The largest absolute Gasteiger partial charge is 0.309 e. The Morgan fingerprint density at radius 2 is 0.904 bits per heavy atom. The van der Waals surface area contributed by atoms with Crippen molar-refractivity contribution in [2.75, 3.05) is 9.80 Å². The van der Waals surface area contributed by atoms with Crippen LogP contribution in [0.25, 0.3) is 21.5 Å². The summed E-state index contributed by atoms with van der Waals surface area (Å²) in [4.78, 5) is 5.05. The predicted octanol–water partition coefficient (Wildman–Crippen LogP) is 14.1. The molecule has 0 bridgehead atoms. The molecule has 2 nitrogen and oxygen atoms in total. The molecule has 3 aliphatic carbocycles. The number of fused-ring (bicyclic) bond motifs is 2. The molecule has 1 spiro atoms. The summed E-state index contributed by atoms with van der Waals surface area (Å²) in [6, 6.07) is 52.7. The van der Waals surface area contributed by atoms with E-state index in [1.807, 2.05) is 0 Å². The number of nitrogens with zero attached hydrogens (tertiary/aromatic N) is 2. The van der Waals surface area contributed by atoms with E-state index in [1.54, 1.807) is 0 Å². The topological polar surface area (TPSA) is 6.48 Å². The highest BCUT2D eigenvalue weighted by atomic mass is 15.2. The first-order valence-electron chi connectivity index (χ1n) is 19.2. The summed E-state index contributed by atoms with van der Waals surface area (Å²) in [6.45, 7) is 8.81. The third kappa shape index (κ3) is 4.91. The third-order valence-electron chi connectivity index (χ3n) is 12.8. The van der Waals surface area contributed by atoms with Gasteiger partial charge in [-0.15, -0.1) is 0 Å².